The maximum atomic E-state index is 11.0. The third-order valence-electron chi connectivity index (χ3n) is 1.91. The molecule has 0 aliphatic rings. The van der Waals surface area contributed by atoms with Crippen molar-refractivity contribution in [2.24, 2.45) is 0 Å². The highest BCUT2D eigenvalue weighted by Crippen LogP contribution is 2.22. The molecule has 0 saturated carbocycles. The van der Waals surface area contributed by atoms with E-state index in [0.29, 0.717) is 5.75 Å². The molecule has 1 aromatic rings. The van der Waals surface area contributed by atoms with Gasteiger partial charge in [0.2, 0.25) is 0 Å². The van der Waals surface area contributed by atoms with Crippen LogP contribution in [0.4, 0.5) is 0 Å². The Kier molecular flexibility index (Phi) is 5.21. The van der Waals surface area contributed by atoms with E-state index in [0.717, 1.165) is 11.4 Å². The minimum Gasteiger partial charge on any atom is -0.468 e. The molecule has 4 heteroatoms. The van der Waals surface area contributed by atoms with Crippen LogP contribution < -0.4 is 5.32 Å². The first-order valence-corrected chi connectivity index (χ1v) is 5.68. The fraction of sp³-hybridized carbons (Fsp3) is 0.364. The number of carbonyl (C=O) groups excluding carboxylic acids is 1. The predicted octanol–water partition coefficient (Wildman–Crippen LogP) is 1.67. The molecular formula is C11H15NO2S. The summed E-state index contributed by atoms with van der Waals surface area (Å²) in [7, 11) is 3.31. The van der Waals surface area contributed by atoms with Gasteiger partial charge in [-0.1, -0.05) is 18.2 Å². The number of esters is 1. The average molecular weight is 225 g/mol. The molecule has 1 aromatic carbocycles. The highest BCUT2D eigenvalue weighted by molar-refractivity contribution is 8.00. The Bertz CT molecular complexity index is 328. The molecule has 0 amide bonds. The van der Waals surface area contributed by atoms with E-state index in [2.05, 4.69) is 16.1 Å². The Morgan fingerprint density at radius 1 is 1.47 bits per heavy atom. The summed E-state index contributed by atoms with van der Waals surface area (Å²) in [6.07, 6.45) is 0. The molecule has 0 saturated heterocycles. The fourth-order valence-corrected chi connectivity index (χ4v) is 2.07. The van der Waals surface area contributed by atoms with E-state index in [-0.39, 0.29) is 5.97 Å². The second kappa shape index (κ2) is 6.48. The fourth-order valence-electron chi connectivity index (χ4n) is 1.18. The molecule has 1 N–H and O–H groups in total. The van der Waals surface area contributed by atoms with Crippen molar-refractivity contribution in [1.82, 2.24) is 5.32 Å². The molecule has 15 heavy (non-hydrogen) atoms. The van der Waals surface area contributed by atoms with Crippen LogP contribution in [0, 0.1) is 0 Å². The van der Waals surface area contributed by atoms with Crippen molar-refractivity contribution >= 4 is 17.7 Å². The molecular weight excluding hydrogens is 210 g/mol. The highest BCUT2D eigenvalue weighted by Gasteiger charge is 2.05. The zero-order chi connectivity index (χ0) is 11.1. The standard InChI is InChI=1S/C11H15NO2S/c1-12-7-9-5-3-4-6-10(9)15-8-11(13)14-2/h3-6,12H,7-8H2,1-2H3. The van der Waals surface area contributed by atoms with E-state index >= 15 is 0 Å². The Balaban J connectivity index is 2.62. The molecule has 0 radical (unpaired) electrons. The van der Waals surface area contributed by atoms with Crippen molar-refractivity contribution in [1.29, 1.82) is 0 Å². The maximum Gasteiger partial charge on any atom is 0.315 e. The van der Waals surface area contributed by atoms with Crippen molar-refractivity contribution in [2.75, 3.05) is 19.9 Å². The van der Waals surface area contributed by atoms with E-state index in [9.17, 15) is 4.79 Å². The van der Waals surface area contributed by atoms with Gasteiger partial charge in [-0.15, -0.1) is 11.8 Å². The van der Waals surface area contributed by atoms with Gasteiger partial charge < -0.3 is 10.1 Å². The van der Waals surface area contributed by atoms with Gasteiger partial charge in [-0.3, -0.25) is 4.79 Å². The van der Waals surface area contributed by atoms with Crippen molar-refractivity contribution in [3.63, 3.8) is 0 Å². The quantitative estimate of drug-likeness (QED) is 0.611. The van der Waals surface area contributed by atoms with Crippen molar-refractivity contribution in [2.45, 2.75) is 11.4 Å². The average Bonchev–Trinajstić information content (AvgIpc) is 2.28. The van der Waals surface area contributed by atoms with Crippen LogP contribution >= 0.6 is 11.8 Å². The Morgan fingerprint density at radius 3 is 2.87 bits per heavy atom. The van der Waals surface area contributed by atoms with Gasteiger partial charge in [0, 0.05) is 11.4 Å². The van der Waals surface area contributed by atoms with E-state index in [1.165, 1.54) is 24.4 Å². The number of rotatable bonds is 5. The second-order valence-corrected chi connectivity index (χ2v) is 4.02. The van der Waals surface area contributed by atoms with Crippen LogP contribution in [0.3, 0.4) is 0 Å². The van der Waals surface area contributed by atoms with Crippen LogP contribution in [-0.2, 0) is 16.1 Å². The largest absolute Gasteiger partial charge is 0.468 e. The van der Waals surface area contributed by atoms with Gasteiger partial charge in [0.1, 0.15) is 0 Å². The van der Waals surface area contributed by atoms with Gasteiger partial charge in [-0.2, -0.15) is 0 Å². The monoisotopic (exact) mass is 225 g/mol. The van der Waals surface area contributed by atoms with Gasteiger partial charge in [0.05, 0.1) is 12.9 Å². The lowest BCUT2D eigenvalue weighted by Crippen LogP contribution is -2.07. The van der Waals surface area contributed by atoms with E-state index in [1.807, 2.05) is 25.2 Å². The first kappa shape index (κ1) is 12.1. The highest BCUT2D eigenvalue weighted by atomic mass is 32.2. The Hall–Kier alpha value is -1.00. The number of nitrogens with one attached hydrogen (secondary N) is 1. The normalized spacial score (nSPS) is 10.0. The molecule has 0 bridgehead atoms. The zero-order valence-electron chi connectivity index (χ0n) is 8.95. The molecule has 0 aliphatic heterocycles. The molecule has 0 aromatic heterocycles. The summed E-state index contributed by atoms with van der Waals surface area (Å²) >= 11 is 1.51. The molecule has 0 aliphatic carbocycles. The number of thioether (sulfide) groups is 1. The summed E-state index contributed by atoms with van der Waals surface area (Å²) in [5.41, 5.74) is 1.20. The Morgan fingerprint density at radius 2 is 2.20 bits per heavy atom. The summed E-state index contributed by atoms with van der Waals surface area (Å²) in [6, 6.07) is 8.03. The van der Waals surface area contributed by atoms with Gasteiger partial charge in [0.25, 0.3) is 0 Å². The number of methoxy groups -OCH3 is 1. The topological polar surface area (TPSA) is 38.3 Å². The van der Waals surface area contributed by atoms with E-state index in [1.54, 1.807) is 0 Å². The summed E-state index contributed by atoms with van der Waals surface area (Å²) in [6.45, 7) is 0.810. The van der Waals surface area contributed by atoms with Crippen molar-refractivity contribution in [3.05, 3.63) is 29.8 Å². The van der Waals surface area contributed by atoms with Crippen LogP contribution in [-0.4, -0.2) is 25.9 Å². The minimum atomic E-state index is -0.195. The van der Waals surface area contributed by atoms with Gasteiger partial charge in [-0.25, -0.2) is 0 Å². The minimum absolute atomic E-state index is 0.195. The van der Waals surface area contributed by atoms with Crippen LogP contribution in [0.25, 0.3) is 0 Å². The lowest BCUT2D eigenvalue weighted by atomic mass is 10.2. The molecule has 3 nitrogen and oxygen atoms in total. The maximum absolute atomic E-state index is 11.0. The van der Waals surface area contributed by atoms with Crippen LogP contribution in [0.2, 0.25) is 0 Å². The van der Waals surface area contributed by atoms with E-state index < -0.39 is 0 Å². The number of carbonyl (C=O) groups is 1. The van der Waals surface area contributed by atoms with E-state index in [4.69, 9.17) is 0 Å². The third-order valence-corrected chi connectivity index (χ3v) is 3.00. The second-order valence-electron chi connectivity index (χ2n) is 3.00. The Labute approximate surface area is 94.2 Å². The van der Waals surface area contributed by atoms with Crippen LogP contribution in [0.5, 0.6) is 0 Å². The molecule has 0 fully saturated rings. The molecule has 0 spiro atoms. The molecule has 0 heterocycles. The molecule has 1 rings (SSSR count). The lowest BCUT2D eigenvalue weighted by Gasteiger charge is -2.07. The summed E-state index contributed by atoms with van der Waals surface area (Å²) < 4.78 is 4.60. The van der Waals surface area contributed by atoms with Crippen LogP contribution in [0.1, 0.15) is 5.56 Å². The molecule has 0 atom stereocenters. The number of benzene rings is 1. The summed E-state index contributed by atoms with van der Waals surface area (Å²) in [4.78, 5) is 12.1. The predicted molar refractivity (Wildman–Crippen MR) is 61.9 cm³/mol. The molecule has 82 valence electrons. The lowest BCUT2D eigenvalue weighted by molar-refractivity contribution is -0.137. The summed E-state index contributed by atoms with van der Waals surface area (Å²) in [5.74, 6) is 0.163. The number of ether oxygens (including phenoxy) is 1. The van der Waals surface area contributed by atoms with Crippen molar-refractivity contribution in [3.8, 4) is 0 Å². The zero-order valence-corrected chi connectivity index (χ0v) is 9.76. The smallest absolute Gasteiger partial charge is 0.315 e. The van der Waals surface area contributed by atoms with Gasteiger partial charge >= 0.3 is 5.97 Å². The molecule has 0 unspecified atom stereocenters. The first-order valence-electron chi connectivity index (χ1n) is 4.70. The van der Waals surface area contributed by atoms with Gasteiger partial charge in [-0.05, 0) is 18.7 Å². The SMILES string of the molecule is CNCc1ccccc1SCC(=O)OC. The number of hydrogen-bond acceptors (Lipinski definition) is 4. The first-order chi connectivity index (χ1) is 7.27. The third kappa shape index (κ3) is 3.93. The number of hydrogen-bond donors (Lipinski definition) is 1. The van der Waals surface area contributed by atoms with Crippen LogP contribution in [0.15, 0.2) is 29.2 Å². The van der Waals surface area contributed by atoms with Gasteiger partial charge in [0.15, 0.2) is 0 Å². The summed E-state index contributed by atoms with van der Waals surface area (Å²) in [5, 5.41) is 3.10. The van der Waals surface area contributed by atoms with Crippen molar-refractivity contribution < 1.29 is 9.53 Å².